The number of aryl methyl sites for hydroxylation is 2. The Morgan fingerprint density at radius 1 is 0.500 bits per heavy atom. The van der Waals surface area contributed by atoms with Gasteiger partial charge in [0.2, 0.25) is 0 Å². The van der Waals surface area contributed by atoms with E-state index in [1.54, 1.807) is 24.3 Å². The highest BCUT2D eigenvalue weighted by molar-refractivity contribution is 7.87. The molecule has 0 atom stereocenters. The third kappa shape index (κ3) is 20.9. The van der Waals surface area contributed by atoms with Crippen LogP contribution in [0.4, 0.5) is 0 Å². The van der Waals surface area contributed by atoms with E-state index in [1.165, 1.54) is 24.3 Å². The molecule has 0 heterocycles. The summed E-state index contributed by atoms with van der Waals surface area (Å²) in [5, 5.41) is 16.2. The van der Waals surface area contributed by atoms with Crippen molar-refractivity contribution in [3.63, 3.8) is 0 Å². The highest BCUT2D eigenvalue weighted by Gasteiger charge is 2.16. The van der Waals surface area contributed by atoms with Gasteiger partial charge in [0.05, 0.1) is 62.6 Å². The van der Waals surface area contributed by atoms with Gasteiger partial charge in [0.15, 0.2) is 0 Å². The third-order valence-electron chi connectivity index (χ3n) is 4.02. The van der Waals surface area contributed by atoms with Crippen molar-refractivity contribution in [1.82, 2.24) is 0 Å². The number of hydrogen-bond donors (Lipinski definition) is 2. The minimum Gasteiger partial charge on any atom is -0.394 e. The Hall–Kier alpha value is -1.90. The summed E-state index contributed by atoms with van der Waals surface area (Å²) >= 11 is 0. The van der Waals surface area contributed by atoms with Crippen molar-refractivity contribution in [2.45, 2.75) is 68.2 Å². The van der Waals surface area contributed by atoms with Crippen LogP contribution in [0.25, 0.3) is 0 Å². The maximum Gasteiger partial charge on any atom is 0.297 e. The van der Waals surface area contributed by atoms with E-state index in [0.717, 1.165) is 11.1 Å². The van der Waals surface area contributed by atoms with Crippen molar-refractivity contribution in [2.24, 2.45) is 0 Å². The zero-order valence-corrected chi connectivity index (χ0v) is 20.9. The van der Waals surface area contributed by atoms with Crippen LogP contribution in [0.1, 0.15) is 55.7 Å². The fraction of sp³-hybridized carbons (Fsp3) is 0.571. The van der Waals surface area contributed by atoms with Crippen molar-refractivity contribution >= 4 is 20.2 Å². The molecule has 0 aliphatic carbocycles. The molecule has 2 aromatic carbocycles. The Labute approximate surface area is 245 Å². The largest absolute Gasteiger partial charge is 0.394 e. The number of benzene rings is 2. The molecule has 0 spiro atoms. The number of rotatable bonds is 14. The fourth-order valence-electron chi connectivity index (χ4n) is 2.28. The molecule has 10 nitrogen and oxygen atoms in total. The van der Waals surface area contributed by atoms with Crippen LogP contribution in [0, 0.1) is 13.8 Å². The monoisotopic (exact) mass is 616 g/mol. The molecule has 0 aliphatic heterocycles. The molecule has 40 heavy (non-hydrogen) atoms. The SMILES string of the molecule is C.C.C.C.C.C.Cc1ccc(S(=O)(=O)OCCOCCOS(=O)(=O)c2ccc(C)cc2)cc1.OCCOCCO. The van der Waals surface area contributed by atoms with Crippen molar-refractivity contribution < 1.29 is 44.9 Å². The molecule has 0 saturated carbocycles. The first-order valence-electron chi connectivity index (χ1n) is 10.4. The second-order valence-corrected chi connectivity index (χ2v) is 10.1. The lowest BCUT2D eigenvalue weighted by Gasteiger charge is -2.08. The second-order valence-electron chi connectivity index (χ2n) is 6.85. The van der Waals surface area contributed by atoms with Gasteiger partial charge in [-0.2, -0.15) is 16.8 Å². The zero-order chi connectivity index (χ0) is 25.5. The Morgan fingerprint density at radius 2 is 0.775 bits per heavy atom. The summed E-state index contributed by atoms with van der Waals surface area (Å²) in [5.74, 6) is 0. The van der Waals surface area contributed by atoms with E-state index in [1.807, 2.05) is 13.8 Å². The molecule has 0 saturated heterocycles. The van der Waals surface area contributed by atoms with Gasteiger partial charge in [-0.15, -0.1) is 0 Å². The molecule has 0 fully saturated rings. The lowest BCUT2D eigenvalue weighted by Crippen LogP contribution is -2.15. The smallest absolute Gasteiger partial charge is 0.297 e. The molecule has 12 heteroatoms. The normalized spacial score (nSPS) is 9.90. The predicted octanol–water partition coefficient (Wildman–Crippen LogP) is 5.24. The molecule has 240 valence electrons. The van der Waals surface area contributed by atoms with Gasteiger partial charge < -0.3 is 19.7 Å². The average molecular weight is 617 g/mol. The summed E-state index contributed by atoms with van der Waals surface area (Å²) in [7, 11) is -7.68. The minimum absolute atomic E-state index is 0. The van der Waals surface area contributed by atoms with Crippen molar-refractivity contribution in [1.29, 1.82) is 0 Å². The van der Waals surface area contributed by atoms with Crippen LogP contribution < -0.4 is 0 Å². The highest BCUT2D eigenvalue weighted by atomic mass is 32.2. The molecule has 0 amide bonds. The zero-order valence-electron chi connectivity index (χ0n) is 19.3. The van der Waals surface area contributed by atoms with Crippen LogP contribution in [0.15, 0.2) is 58.3 Å². The predicted molar refractivity (Wildman–Crippen MR) is 165 cm³/mol. The second kappa shape index (κ2) is 27.3. The summed E-state index contributed by atoms with van der Waals surface area (Å²) in [4.78, 5) is 0.140. The first kappa shape index (κ1) is 50.9. The van der Waals surface area contributed by atoms with Gasteiger partial charge in [0.25, 0.3) is 20.2 Å². The van der Waals surface area contributed by atoms with Gasteiger partial charge in [-0.3, -0.25) is 8.37 Å². The Kier molecular flexibility index (Phi) is 34.7. The highest BCUT2D eigenvalue weighted by Crippen LogP contribution is 2.14. The van der Waals surface area contributed by atoms with E-state index < -0.39 is 20.2 Å². The summed E-state index contributed by atoms with van der Waals surface area (Å²) in [6, 6.07) is 12.6. The summed E-state index contributed by atoms with van der Waals surface area (Å²) in [5.41, 5.74) is 1.88. The van der Waals surface area contributed by atoms with E-state index >= 15 is 0 Å². The standard InChI is InChI=1S/C18H22O7S2.C4H10O3.6CH4/c1-15-3-7-17(8-4-15)26(19,20)24-13-11-23-12-14-25-27(21,22)18-9-5-16(2)6-10-18;5-1-3-7-4-2-6;;;;;;/h3-10H,11-14H2,1-2H3;5-6H,1-4H2;6*1H4. The maximum atomic E-state index is 12.0. The van der Waals surface area contributed by atoms with E-state index in [0.29, 0.717) is 13.2 Å². The molecule has 0 unspecified atom stereocenters. The molecule has 2 rings (SSSR count). The van der Waals surface area contributed by atoms with Crippen LogP contribution in [0.2, 0.25) is 0 Å². The quantitative estimate of drug-likeness (QED) is 0.214. The van der Waals surface area contributed by atoms with Crippen LogP contribution in [0.5, 0.6) is 0 Å². The van der Waals surface area contributed by atoms with Crippen LogP contribution in [0.3, 0.4) is 0 Å². The van der Waals surface area contributed by atoms with E-state index in [4.69, 9.17) is 23.3 Å². The van der Waals surface area contributed by atoms with E-state index in [9.17, 15) is 16.8 Å². The number of hydrogen-bond acceptors (Lipinski definition) is 10. The number of ether oxygens (including phenoxy) is 2. The Balaban J connectivity index is -0.000000199. The number of aliphatic hydroxyl groups excluding tert-OH is 2. The fourth-order valence-corrected chi connectivity index (χ4v) is 4.07. The molecular weight excluding hydrogens is 560 g/mol. The Morgan fingerprint density at radius 3 is 1.05 bits per heavy atom. The van der Waals surface area contributed by atoms with Gasteiger partial charge in [0.1, 0.15) is 0 Å². The summed E-state index contributed by atoms with van der Waals surface area (Å²) in [6.45, 7) is 4.01. The van der Waals surface area contributed by atoms with Gasteiger partial charge in [-0.25, -0.2) is 0 Å². The molecule has 0 radical (unpaired) electrons. The minimum atomic E-state index is -3.84. The first-order valence-corrected chi connectivity index (χ1v) is 13.2. The lowest BCUT2D eigenvalue weighted by molar-refractivity contribution is 0.0650. The van der Waals surface area contributed by atoms with Crippen molar-refractivity contribution in [3.05, 3.63) is 59.7 Å². The average Bonchev–Trinajstić information content (AvgIpc) is 2.80. The van der Waals surface area contributed by atoms with Crippen LogP contribution >= 0.6 is 0 Å². The summed E-state index contributed by atoms with van der Waals surface area (Å²) in [6.07, 6.45) is 0. The van der Waals surface area contributed by atoms with E-state index in [2.05, 4.69) is 4.74 Å². The van der Waals surface area contributed by atoms with Gasteiger partial charge in [-0.05, 0) is 38.1 Å². The van der Waals surface area contributed by atoms with Gasteiger partial charge >= 0.3 is 0 Å². The van der Waals surface area contributed by atoms with E-state index in [-0.39, 0.29) is 94.0 Å². The van der Waals surface area contributed by atoms with Gasteiger partial charge in [-0.1, -0.05) is 80.0 Å². The Bertz CT molecular complexity index is 938. The third-order valence-corrected chi connectivity index (χ3v) is 6.68. The first-order chi connectivity index (χ1) is 16.1. The van der Waals surface area contributed by atoms with Gasteiger partial charge in [0, 0.05) is 0 Å². The lowest BCUT2D eigenvalue weighted by atomic mass is 10.2. The number of aliphatic hydroxyl groups is 2. The van der Waals surface area contributed by atoms with Crippen molar-refractivity contribution in [2.75, 3.05) is 52.9 Å². The van der Waals surface area contributed by atoms with Crippen LogP contribution in [-0.2, 0) is 38.1 Å². The molecule has 2 aromatic rings. The molecule has 0 aromatic heterocycles. The molecular formula is C28H56O10S2. The van der Waals surface area contributed by atoms with Crippen molar-refractivity contribution in [3.8, 4) is 0 Å². The topological polar surface area (TPSA) is 146 Å². The summed E-state index contributed by atoms with van der Waals surface area (Å²) < 4.78 is 67.4. The van der Waals surface area contributed by atoms with Crippen LogP contribution in [-0.4, -0.2) is 79.9 Å². The molecule has 0 bridgehead atoms. The molecule has 0 aliphatic rings. The maximum absolute atomic E-state index is 12.0. The molecule has 2 N–H and O–H groups in total.